The molecule has 0 aliphatic heterocycles. The summed E-state index contributed by atoms with van der Waals surface area (Å²) in [4.78, 5) is 34.9. The number of aromatic nitrogens is 5. The molecule has 5 rings (SSSR count). The van der Waals surface area contributed by atoms with Gasteiger partial charge in [0.2, 0.25) is 11.7 Å². The molecule has 0 aliphatic carbocycles. The Morgan fingerprint density at radius 2 is 1.74 bits per heavy atom. The lowest BCUT2D eigenvalue weighted by molar-refractivity contribution is -0.128. The quantitative estimate of drug-likeness (QED) is 0.334. The summed E-state index contributed by atoms with van der Waals surface area (Å²) in [6, 6.07) is 19.5. The number of aryl methyl sites for hydroxylation is 1. The van der Waals surface area contributed by atoms with Crippen molar-refractivity contribution < 1.29 is 14.0 Å². The van der Waals surface area contributed by atoms with Crippen LogP contribution in [0, 0.1) is 6.92 Å². The van der Waals surface area contributed by atoms with Crippen LogP contribution in [0.4, 0.5) is 5.69 Å². The summed E-state index contributed by atoms with van der Waals surface area (Å²) in [5, 5.41) is 17.3. The van der Waals surface area contributed by atoms with Crippen molar-refractivity contribution in [2.75, 3.05) is 4.90 Å². The van der Waals surface area contributed by atoms with Gasteiger partial charge in [0.15, 0.2) is 5.76 Å². The monoisotopic (exact) mass is 523 g/mol. The van der Waals surface area contributed by atoms with Crippen LogP contribution in [0.25, 0.3) is 22.4 Å². The summed E-state index contributed by atoms with van der Waals surface area (Å²) in [5.41, 5.74) is 0.677. The first kappa shape index (κ1) is 25.8. The number of nitrogens with zero attached hydrogens (tertiary/aromatic N) is 6. The van der Waals surface area contributed by atoms with E-state index < -0.39 is 17.5 Å². The topological polar surface area (TPSA) is 119 Å². The van der Waals surface area contributed by atoms with Crippen LogP contribution in [0.15, 0.2) is 83.5 Å². The second kappa shape index (κ2) is 10.5. The van der Waals surface area contributed by atoms with E-state index >= 15 is 0 Å². The van der Waals surface area contributed by atoms with Gasteiger partial charge in [-0.2, -0.15) is 4.80 Å². The first-order valence-electron chi connectivity index (χ1n) is 12.6. The molecule has 1 N–H and O–H groups in total. The molecule has 1 atom stereocenters. The molecule has 0 saturated carbocycles. The molecule has 3 heterocycles. The standard InChI is InChI=1S/C29H29N7O3/c1-19-12-13-24(39-19)27-32-34-35(33-27)18-25(37)36(23-11-7-9-20-8-5-6-10-22(20)23)26(21-14-16-30-17-15-21)28(38)31-29(2,3)4/h5-17,26H,18H2,1-4H3,(H,31,38)/t26-/m0/s1. The van der Waals surface area contributed by atoms with Crippen molar-refractivity contribution in [1.82, 2.24) is 30.5 Å². The van der Waals surface area contributed by atoms with Crippen LogP contribution in [0.3, 0.4) is 0 Å². The van der Waals surface area contributed by atoms with Crippen LogP contribution in [0.5, 0.6) is 0 Å². The zero-order chi connectivity index (χ0) is 27.6. The molecule has 0 aliphatic rings. The number of carbonyl (C=O) groups is 2. The molecule has 5 aromatic rings. The number of benzene rings is 2. The average Bonchev–Trinajstić information content (AvgIpc) is 3.55. The SMILES string of the molecule is Cc1ccc(-c2nnn(CC(=O)N(c3cccc4ccccc34)[C@H](C(=O)NC(C)(C)C)c3ccncc3)n2)o1. The van der Waals surface area contributed by atoms with Crippen LogP contribution in [-0.4, -0.2) is 42.5 Å². The number of carbonyl (C=O) groups excluding carboxylic acids is 2. The van der Waals surface area contributed by atoms with Crippen molar-refractivity contribution in [3.8, 4) is 11.6 Å². The number of furan rings is 1. The summed E-state index contributed by atoms with van der Waals surface area (Å²) in [6.07, 6.45) is 3.21. The normalized spacial score (nSPS) is 12.3. The van der Waals surface area contributed by atoms with E-state index in [9.17, 15) is 9.59 Å². The number of hydrogen-bond donors (Lipinski definition) is 1. The van der Waals surface area contributed by atoms with Crippen molar-refractivity contribution in [2.45, 2.75) is 45.8 Å². The lowest BCUT2D eigenvalue weighted by Crippen LogP contribution is -2.50. The van der Waals surface area contributed by atoms with E-state index in [2.05, 4.69) is 25.7 Å². The molecule has 2 amide bonds. The molecule has 0 radical (unpaired) electrons. The largest absolute Gasteiger partial charge is 0.458 e. The summed E-state index contributed by atoms with van der Waals surface area (Å²) in [5.74, 6) is 0.717. The van der Waals surface area contributed by atoms with Crippen LogP contribution in [-0.2, 0) is 16.1 Å². The first-order valence-corrected chi connectivity index (χ1v) is 12.6. The van der Waals surface area contributed by atoms with Gasteiger partial charge in [-0.05, 0) is 74.2 Å². The Labute approximate surface area is 225 Å². The average molecular weight is 524 g/mol. The predicted molar refractivity (Wildman–Crippen MR) is 147 cm³/mol. The van der Waals surface area contributed by atoms with Gasteiger partial charge in [-0.15, -0.1) is 10.2 Å². The molecule has 0 fully saturated rings. The minimum Gasteiger partial charge on any atom is -0.458 e. The van der Waals surface area contributed by atoms with E-state index in [1.54, 1.807) is 36.7 Å². The highest BCUT2D eigenvalue weighted by molar-refractivity contribution is 6.07. The van der Waals surface area contributed by atoms with Gasteiger partial charge >= 0.3 is 0 Å². The number of hydrogen-bond acceptors (Lipinski definition) is 7. The molecule has 198 valence electrons. The Morgan fingerprint density at radius 1 is 1.00 bits per heavy atom. The number of amides is 2. The number of pyridine rings is 1. The third kappa shape index (κ3) is 5.69. The molecule has 0 saturated heterocycles. The summed E-state index contributed by atoms with van der Waals surface area (Å²) in [7, 11) is 0. The van der Waals surface area contributed by atoms with Gasteiger partial charge in [0.25, 0.3) is 5.91 Å². The molecule has 39 heavy (non-hydrogen) atoms. The van der Waals surface area contributed by atoms with Crippen molar-refractivity contribution in [3.63, 3.8) is 0 Å². The van der Waals surface area contributed by atoms with E-state index in [0.29, 0.717) is 22.8 Å². The van der Waals surface area contributed by atoms with Gasteiger partial charge in [0.1, 0.15) is 18.3 Å². The van der Waals surface area contributed by atoms with E-state index in [-0.39, 0.29) is 18.3 Å². The molecule has 0 spiro atoms. The van der Waals surface area contributed by atoms with Gasteiger partial charge in [0, 0.05) is 23.3 Å². The summed E-state index contributed by atoms with van der Waals surface area (Å²) in [6.45, 7) is 7.27. The fourth-order valence-electron chi connectivity index (χ4n) is 4.40. The highest BCUT2D eigenvalue weighted by Crippen LogP contribution is 2.34. The Bertz CT molecular complexity index is 1610. The Morgan fingerprint density at radius 3 is 2.46 bits per heavy atom. The highest BCUT2D eigenvalue weighted by atomic mass is 16.3. The smallest absolute Gasteiger partial charge is 0.251 e. The third-order valence-electron chi connectivity index (χ3n) is 6.01. The molecule has 0 unspecified atom stereocenters. The fourth-order valence-corrected chi connectivity index (χ4v) is 4.40. The maximum Gasteiger partial charge on any atom is 0.251 e. The van der Waals surface area contributed by atoms with Crippen molar-refractivity contribution in [2.24, 2.45) is 0 Å². The Balaban J connectivity index is 1.61. The zero-order valence-electron chi connectivity index (χ0n) is 22.2. The lowest BCUT2D eigenvalue weighted by atomic mass is 10.00. The first-order chi connectivity index (χ1) is 18.7. The lowest BCUT2D eigenvalue weighted by Gasteiger charge is -2.34. The van der Waals surface area contributed by atoms with Crippen LogP contribution in [0.1, 0.15) is 38.1 Å². The maximum absolute atomic E-state index is 14.2. The Hall–Kier alpha value is -4.86. The van der Waals surface area contributed by atoms with Crippen LogP contribution < -0.4 is 10.2 Å². The van der Waals surface area contributed by atoms with Gasteiger partial charge in [0.05, 0.1) is 5.69 Å². The van der Waals surface area contributed by atoms with Crippen molar-refractivity contribution in [1.29, 1.82) is 0 Å². The second-order valence-corrected chi connectivity index (χ2v) is 10.2. The summed E-state index contributed by atoms with van der Waals surface area (Å²) >= 11 is 0. The Kier molecular flexibility index (Phi) is 6.93. The molecule has 2 aromatic carbocycles. The zero-order valence-corrected chi connectivity index (χ0v) is 22.2. The van der Waals surface area contributed by atoms with Crippen molar-refractivity contribution in [3.05, 3.63) is 90.4 Å². The third-order valence-corrected chi connectivity index (χ3v) is 6.01. The second-order valence-electron chi connectivity index (χ2n) is 10.2. The number of tetrazole rings is 1. The van der Waals surface area contributed by atoms with Gasteiger partial charge in [-0.1, -0.05) is 36.4 Å². The minimum atomic E-state index is -0.985. The van der Waals surface area contributed by atoms with Gasteiger partial charge in [-0.25, -0.2) is 0 Å². The molecule has 10 nitrogen and oxygen atoms in total. The molecule has 10 heteroatoms. The number of anilines is 1. The van der Waals surface area contributed by atoms with E-state index in [1.807, 2.05) is 70.2 Å². The van der Waals surface area contributed by atoms with E-state index in [0.717, 1.165) is 10.8 Å². The number of nitrogens with one attached hydrogen (secondary N) is 1. The predicted octanol–water partition coefficient (Wildman–Crippen LogP) is 4.48. The fraction of sp³-hybridized carbons (Fsp3) is 0.241. The molecule has 3 aromatic heterocycles. The minimum absolute atomic E-state index is 0.250. The molecule has 0 bridgehead atoms. The van der Waals surface area contributed by atoms with Gasteiger partial charge < -0.3 is 9.73 Å². The van der Waals surface area contributed by atoms with E-state index in [1.165, 1.54) is 9.70 Å². The summed E-state index contributed by atoms with van der Waals surface area (Å²) < 4.78 is 5.59. The molecular weight excluding hydrogens is 494 g/mol. The van der Waals surface area contributed by atoms with Crippen LogP contribution >= 0.6 is 0 Å². The number of rotatable bonds is 7. The number of fused-ring (bicyclic) bond motifs is 1. The van der Waals surface area contributed by atoms with E-state index in [4.69, 9.17) is 4.42 Å². The maximum atomic E-state index is 14.2. The molecular formula is C29H29N7O3. The highest BCUT2D eigenvalue weighted by Gasteiger charge is 2.35. The van der Waals surface area contributed by atoms with Crippen LogP contribution in [0.2, 0.25) is 0 Å². The van der Waals surface area contributed by atoms with Crippen molar-refractivity contribution >= 4 is 28.3 Å². The van der Waals surface area contributed by atoms with Gasteiger partial charge in [-0.3, -0.25) is 19.5 Å².